The number of amides is 1. The van der Waals surface area contributed by atoms with Gasteiger partial charge in [-0.3, -0.25) is 4.90 Å². The maximum Gasteiger partial charge on any atom is 0.415 e. The van der Waals surface area contributed by atoms with Gasteiger partial charge in [0.1, 0.15) is 30.4 Å². The van der Waals surface area contributed by atoms with Gasteiger partial charge in [-0.25, -0.2) is 4.79 Å². The second-order valence-electron chi connectivity index (χ2n) is 6.81. The second kappa shape index (κ2) is 6.92. The predicted molar refractivity (Wildman–Crippen MR) is 98.2 cm³/mol. The van der Waals surface area contributed by atoms with Crippen LogP contribution in [0.25, 0.3) is 17.0 Å². The number of hydrogen-bond donors (Lipinski definition) is 1. The van der Waals surface area contributed by atoms with E-state index >= 15 is 0 Å². The van der Waals surface area contributed by atoms with Crippen molar-refractivity contribution < 1.29 is 18.7 Å². The van der Waals surface area contributed by atoms with Gasteiger partial charge in [-0.15, -0.1) is 0 Å². The third kappa shape index (κ3) is 4.11. The number of carbonyl (C=O) groups is 1. The van der Waals surface area contributed by atoms with Gasteiger partial charge in [-0.05, 0) is 39.0 Å². The molecule has 8 heteroatoms. The van der Waals surface area contributed by atoms with Crippen molar-refractivity contribution in [2.24, 2.45) is 0 Å². The van der Waals surface area contributed by atoms with E-state index in [2.05, 4.69) is 4.98 Å². The molecular formula is C18H20ClN3O4. The number of halogens is 1. The molecule has 0 unspecified atom stereocenters. The number of ether oxygens (including phenoxy) is 2. The quantitative estimate of drug-likeness (QED) is 0.845. The van der Waals surface area contributed by atoms with Gasteiger partial charge in [0.05, 0.1) is 12.2 Å². The zero-order chi connectivity index (χ0) is 18.9. The molecule has 0 aliphatic carbocycles. The normalized spacial score (nSPS) is 14.6. The molecule has 1 aromatic heterocycles. The highest BCUT2D eigenvalue weighted by Crippen LogP contribution is 2.31. The lowest BCUT2D eigenvalue weighted by molar-refractivity contribution is 0.0296. The first-order chi connectivity index (χ1) is 12.2. The van der Waals surface area contributed by atoms with Gasteiger partial charge >= 0.3 is 6.09 Å². The fourth-order valence-electron chi connectivity index (χ4n) is 2.50. The highest BCUT2D eigenvalue weighted by atomic mass is 35.5. The van der Waals surface area contributed by atoms with Crippen LogP contribution < -0.4 is 5.73 Å². The summed E-state index contributed by atoms with van der Waals surface area (Å²) in [5, 5.41) is 0.481. The van der Waals surface area contributed by atoms with Crippen molar-refractivity contribution in [2.45, 2.75) is 26.4 Å². The summed E-state index contributed by atoms with van der Waals surface area (Å²) in [4.78, 5) is 18.2. The van der Waals surface area contributed by atoms with Gasteiger partial charge in [0, 0.05) is 16.1 Å². The number of nitrogens with two attached hydrogens (primary N) is 1. The first-order valence-corrected chi connectivity index (χ1v) is 8.45. The molecule has 138 valence electrons. The molecule has 2 heterocycles. The van der Waals surface area contributed by atoms with E-state index < -0.39 is 11.7 Å². The number of nitrogen functional groups attached to an aromatic ring is 1. The van der Waals surface area contributed by atoms with Crippen LogP contribution >= 0.6 is 11.6 Å². The van der Waals surface area contributed by atoms with E-state index in [1.54, 1.807) is 12.1 Å². The smallest absolute Gasteiger partial charge is 0.415 e. The topological polar surface area (TPSA) is 90.8 Å². The molecule has 0 radical (unpaired) electrons. The third-order valence-corrected chi connectivity index (χ3v) is 3.76. The average Bonchev–Trinajstić information content (AvgIpc) is 2.99. The number of oxazole rings is 1. The number of benzene rings is 1. The summed E-state index contributed by atoms with van der Waals surface area (Å²) in [6.45, 7) is 6.22. The maximum absolute atomic E-state index is 12.6. The summed E-state index contributed by atoms with van der Waals surface area (Å²) >= 11 is 6.27. The molecule has 1 amide bonds. The van der Waals surface area contributed by atoms with Crippen LogP contribution in [-0.2, 0) is 9.47 Å². The van der Waals surface area contributed by atoms with Crippen LogP contribution in [0.1, 0.15) is 26.3 Å². The molecular weight excluding hydrogens is 358 g/mol. The van der Waals surface area contributed by atoms with Crippen LogP contribution in [0.4, 0.5) is 10.8 Å². The molecule has 0 spiro atoms. The SMILES string of the molecule is CC(C)(C)OC(=O)N1CCOC=C1c1cc(Cl)cc(-c2coc(N)n2)c1. The Kier molecular flexibility index (Phi) is 4.82. The van der Waals surface area contributed by atoms with E-state index in [4.69, 9.17) is 31.2 Å². The third-order valence-electron chi connectivity index (χ3n) is 3.54. The lowest BCUT2D eigenvalue weighted by Crippen LogP contribution is -2.39. The molecule has 0 saturated carbocycles. The Labute approximate surface area is 156 Å². The summed E-state index contributed by atoms with van der Waals surface area (Å²) in [5.74, 6) is 0. The predicted octanol–water partition coefficient (Wildman–Crippen LogP) is 4.14. The molecule has 1 aliphatic heterocycles. The van der Waals surface area contributed by atoms with Crippen molar-refractivity contribution >= 4 is 29.4 Å². The molecule has 1 aliphatic rings. The van der Waals surface area contributed by atoms with Crippen LogP contribution in [0.2, 0.25) is 5.02 Å². The molecule has 2 N–H and O–H groups in total. The van der Waals surface area contributed by atoms with Crippen LogP contribution in [-0.4, -0.2) is 34.7 Å². The van der Waals surface area contributed by atoms with E-state index in [0.717, 1.165) is 0 Å². The minimum Gasteiger partial charge on any atom is -0.497 e. The van der Waals surface area contributed by atoms with Crippen molar-refractivity contribution in [1.29, 1.82) is 0 Å². The van der Waals surface area contributed by atoms with Gasteiger partial charge in [0.25, 0.3) is 6.01 Å². The molecule has 26 heavy (non-hydrogen) atoms. The molecule has 7 nitrogen and oxygen atoms in total. The summed E-state index contributed by atoms with van der Waals surface area (Å²) < 4.78 is 16.0. The fourth-order valence-corrected chi connectivity index (χ4v) is 2.74. The van der Waals surface area contributed by atoms with Crippen molar-refractivity contribution in [2.75, 3.05) is 18.9 Å². The Morgan fingerprint density at radius 2 is 2.04 bits per heavy atom. The van der Waals surface area contributed by atoms with Crippen molar-refractivity contribution in [3.05, 3.63) is 41.3 Å². The summed E-state index contributed by atoms with van der Waals surface area (Å²) in [7, 11) is 0. The van der Waals surface area contributed by atoms with Gasteiger partial charge in [-0.2, -0.15) is 4.98 Å². The van der Waals surface area contributed by atoms with Crippen molar-refractivity contribution in [3.63, 3.8) is 0 Å². The number of anilines is 1. The Hall–Kier alpha value is -2.67. The fraction of sp³-hybridized carbons (Fsp3) is 0.333. The number of nitrogens with zero attached hydrogens (tertiary/aromatic N) is 2. The largest absolute Gasteiger partial charge is 0.497 e. The first kappa shape index (κ1) is 18.1. The Bertz CT molecular complexity index is 854. The van der Waals surface area contributed by atoms with Crippen LogP contribution in [0.15, 0.2) is 35.1 Å². The van der Waals surface area contributed by atoms with Crippen molar-refractivity contribution in [1.82, 2.24) is 9.88 Å². The highest BCUT2D eigenvalue weighted by Gasteiger charge is 2.28. The van der Waals surface area contributed by atoms with Gasteiger partial charge < -0.3 is 19.6 Å². The summed E-state index contributed by atoms with van der Waals surface area (Å²) in [5.41, 5.74) is 7.46. The Balaban J connectivity index is 1.97. The highest BCUT2D eigenvalue weighted by molar-refractivity contribution is 6.31. The van der Waals surface area contributed by atoms with E-state index in [9.17, 15) is 4.79 Å². The van der Waals surface area contributed by atoms with Crippen LogP contribution in [0.3, 0.4) is 0 Å². The van der Waals surface area contributed by atoms with Gasteiger partial charge in [0.15, 0.2) is 0 Å². The molecule has 2 aromatic rings. The molecule has 0 atom stereocenters. The molecule has 3 rings (SSSR count). The van der Waals surface area contributed by atoms with E-state index in [1.165, 1.54) is 17.4 Å². The maximum atomic E-state index is 12.6. The zero-order valence-corrected chi connectivity index (χ0v) is 15.5. The number of hydrogen-bond acceptors (Lipinski definition) is 6. The Morgan fingerprint density at radius 1 is 1.31 bits per heavy atom. The number of aromatic nitrogens is 1. The summed E-state index contributed by atoms with van der Waals surface area (Å²) in [6.07, 6.45) is 2.53. The van der Waals surface area contributed by atoms with Crippen LogP contribution in [0, 0.1) is 0 Å². The first-order valence-electron chi connectivity index (χ1n) is 8.07. The molecule has 0 bridgehead atoms. The standard InChI is InChI=1S/C18H20ClN3O4/c1-18(2,3)26-17(23)22-4-5-24-10-15(22)12-6-11(7-13(19)8-12)14-9-25-16(20)21-14/h6-10H,4-5H2,1-3H3,(H2,20,21). The molecule has 0 fully saturated rings. The van der Waals surface area contributed by atoms with Crippen LogP contribution in [0.5, 0.6) is 0 Å². The lowest BCUT2D eigenvalue weighted by atomic mass is 10.1. The second-order valence-corrected chi connectivity index (χ2v) is 7.24. The monoisotopic (exact) mass is 377 g/mol. The average molecular weight is 378 g/mol. The zero-order valence-electron chi connectivity index (χ0n) is 14.8. The van der Waals surface area contributed by atoms with E-state index in [-0.39, 0.29) is 6.01 Å². The molecule has 0 saturated heterocycles. The minimum atomic E-state index is -0.599. The minimum absolute atomic E-state index is 0.0668. The van der Waals surface area contributed by atoms with E-state index in [0.29, 0.717) is 40.7 Å². The Morgan fingerprint density at radius 3 is 2.69 bits per heavy atom. The number of rotatable bonds is 2. The van der Waals surface area contributed by atoms with Crippen molar-refractivity contribution in [3.8, 4) is 11.3 Å². The van der Waals surface area contributed by atoms with E-state index in [1.807, 2.05) is 26.8 Å². The van der Waals surface area contributed by atoms with Gasteiger partial charge in [-0.1, -0.05) is 11.6 Å². The van der Waals surface area contributed by atoms with Gasteiger partial charge in [0.2, 0.25) is 0 Å². The lowest BCUT2D eigenvalue weighted by Gasteiger charge is -2.31. The summed E-state index contributed by atoms with van der Waals surface area (Å²) in [6, 6.07) is 5.38. The molecule has 1 aromatic carbocycles. The number of carbonyl (C=O) groups excluding carboxylic acids is 1.